The summed E-state index contributed by atoms with van der Waals surface area (Å²) in [5.41, 5.74) is 12.7. The number of fused-ring (bicyclic) bond motifs is 9. The van der Waals surface area contributed by atoms with Crippen LogP contribution in [0.25, 0.3) is 88.1 Å². The Bertz CT molecular complexity index is 3090. The zero-order chi connectivity index (χ0) is 34.2. The Kier molecular flexibility index (Phi) is 6.22. The predicted molar refractivity (Wildman–Crippen MR) is 214 cm³/mol. The van der Waals surface area contributed by atoms with Crippen molar-refractivity contribution in [2.45, 2.75) is 0 Å². The van der Waals surface area contributed by atoms with Gasteiger partial charge in [-0.25, -0.2) is 0 Å². The number of para-hydroxylation sites is 4. The molecule has 11 rings (SSSR count). The Morgan fingerprint density at radius 1 is 0.308 bits per heavy atom. The molecule has 0 aliphatic heterocycles. The second-order valence-electron chi connectivity index (χ2n) is 13.3. The van der Waals surface area contributed by atoms with Crippen LogP contribution in [0.15, 0.2) is 189 Å². The van der Waals surface area contributed by atoms with E-state index in [-0.39, 0.29) is 0 Å². The second kappa shape index (κ2) is 11.2. The third kappa shape index (κ3) is 4.41. The SMILES string of the molecule is c1ccc(N(c2ccccc2)c2ccc3oc4cc(-c5cccc6c5oc5cc(-c7cccc8oc9ccccc9c78)ccc56)ccc4c3c2)cc1. The van der Waals surface area contributed by atoms with Crippen molar-refractivity contribution in [1.29, 1.82) is 0 Å². The van der Waals surface area contributed by atoms with Gasteiger partial charge in [0, 0.05) is 54.9 Å². The summed E-state index contributed by atoms with van der Waals surface area (Å²) in [5, 5.41) is 6.55. The molecule has 3 aromatic heterocycles. The highest BCUT2D eigenvalue weighted by Crippen LogP contribution is 2.43. The van der Waals surface area contributed by atoms with Crippen LogP contribution >= 0.6 is 0 Å². The first-order valence-corrected chi connectivity index (χ1v) is 17.5. The molecule has 11 aromatic rings. The van der Waals surface area contributed by atoms with Crippen molar-refractivity contribution in [3.05, 3.63) is 176 Å². The van der Waals surface area contributed by atoms with E-state index in [4.69, 9.17) is 13.3 Å². The van der Waals surface area contributed by atoms with Crippen LogP contribution in [0.2, 0.25) is 0 Å². The fraction of sp³-hybridized carbons (Fsp3) is 0. The molecule has 244 valence electrons. The van der Waals surface area contributed by atoms with Gasteiger partial charge >= 0.3 is 0 Å². The summed E-state index contributed by atoms with van der Waals surface area (Å²) >= 11 is 0. The van der Waals surface area contributed by atoms with Gasteiger partial charge in [-0.05, 0) is 95.6 Å². The molecule has 4 heteroatoms. The van der Waals surface area contributed by atoms with Crippen molar-refractivity contribution in [2.24, 2.45) is 0 Å². The van der Waals surface area contributed by atoms with E-state index < -0.39 is 0 Å². The third-order valence-electron chi connectivity index (χ3n) is 10.3. The summed E-state index contributed by atoms with van der Waals surface area (Å²) in [4.78, 5) is 2.28. The lowest BCUT2D eigenvalue weighted by Gasteiger charge is -2.25. The number of hydrogen-bond acceptors (Lipinski definition) is 4. The number of rotatable bonds is 5. The highest BCUT2D eigenvalue weighted by Gasteiger charge is 2.19. The maximum absolute atomic E-state index is 6.72. The first-order chi connectivity index (χ1) is 25.8. The topological polar surface area (TPSA) is 42.7 Å². The van der Waals surface area contributed by atoms with Crippen LogP contribution in [-0.4, -0.2) is 0 Å². The van der Waals surface area contributed by atoms with E-state index in [1.807, 2.05) is 30.3 Å². The normalized spacial score (nSPS) is 11.8. The number of hydrogen-bond donors (Lipinski definition) is 0. The van der Waals surface area contributed by atoms with E-state index >= 15 is 0 Å². The van der Waals surface area contributed by atoms with Crippen molar-refractivity contribution in [1.82, 2.24) is 0 Å². The molecule has 0 radical (unpaired) electrons. The first-order valence-electron chi connectivity index (χ1n) is 17.5. The number of nitrogens with zero attached hydrogens (tertiary/aromatic N) is 1. The Labute approximate surface area is 298 Å². The molecule has 0 atom stereocenters. The van der Waals surface area contributed by atoms with Crippen LogP contribution in [0.5, 0.6) is 0 Å². The molecule has 0 saturated carbocycles. The summed E-state index contributed by atoms with van der Waals surface area (Å²) in [6.07, 6.45) is 0. The van der Waals surface area contributed by atoms with Gasteiger partial charge in [0.25, 0.3) is 0 Å². The molecule has 4 nitrogen and oxygen atoms in total. The van der Waals surface area contributed by atoms with Gasteiger partial charge in [-0.15, -0.1) is 0 Å². The molecule has 8 aromatic carbocycles. The summed E-state index contributed by atoms with van der Waals surface area (Å²) < 4.78 is 19.4. The van der Waals surface area contributed by atoms with Gasteiger partial charge in [0.15, 0.2) is 0 Å². The number of anilines is 3. The molecule has 0 fully saturated rings. The number of benzene rings is 8. The molecule has 52 heavy (non-hydrogen) atoms. The van der Waals surface area contributed by atoms with Crippen LogP contribution < -0.4 is 4.90 Å². The maximum atomic E-state index is 6.72. The van der Waals surface area contributed by atoms with E-state index in [1.54, 1.807) is 0 Å². The lowest BCUT2D eigenvalue weighted by molar-refractivity contribution is 0.668. The summed E-state index contributed by atoms with van der Waals surface area (Å²) in [5.74, 6) is 0. The van der Waals surface area contributed by atoms with Gasteiger partial charge in [-0.3, -0.25) is 0 Å². The first kappa shape index (κ1) is 28.8. The summed E-state index contributed by atoms with van der Waals surface area (Å²) in [7, 11) is 0. The molecular weight excluding hydrogens is 639 g/mol. The van der Waals surface area contributed by atoms with Gasteiger partial charge in [-0.1, -0.05) is 97.1 Å². The fourth-order valence-corrected chi connectivity index (χ4v) is 7.88. The van der Waals surface area contributed by atoms with Gasteiger partial charge in [0.2, 0.25) is 0 Å². The van der Waals surface area contributed by atoms with Gasteiger partial charge in [0.05, 0.1) is 0 Å². The van der Waals surface area contributed by atoms with Crippen molar-refractivity contribution >= 4 is 82.9 Å². The lowest BCUT2D eigenvalue weighted by Crippen LogP contribution is -2.09. The fourth-order valence-electron chi connectivity index (χ4n) is 7.88. The van der Waals surface area contributed by atoms with Gasteiger partial charge < -0.3 is 18.2 Å². The highest BCUT2D eigenvalue weighted by molar-refractivity contribution is 6.15. The third-order valence-corrected chi connectivity index (χ3v) is 10.3. The van der Waals surface area contributed by atoms with Crippen molar-refractivity contribution < 1.29 is 13.3 Å². The quantitative estimate of drug-likeness (QED) is 0.183. The minimum Gasteiger partial charge on any atom is -0.456 e. The van der Waals surface area contributed by atoms with Crippen LogP contribution in [-0.2, 0) is 0 Å². The van der Waals surface area contributed by atoms with Crippen LogP contribution in [0.4, 0.5) is 17.1 Å². The van der Waals surface area contributed by atoms with Crippen LogP contribution in [0, 0.1) is 0 Å². The molecule has 0 bridgehead atoms. The van der Waals surface area contributed by atoms with E-state index in [1.165, 1.54) is 0 Å². The lowest BCUT2D eigenvalue weighted by atomic mass is 9.98. The number of furan rings is 3. The molecule has 3 heterocycles. The summed E-state index contributed by atoms with van der Waals surface area (Å²) in [6, 6.07) is 61.2. The van der Waals surface area contributed by atoms with Gasteiger partial charge in [-0.2, -0.15) is 0 Å². The molecular formula is C48H29NO3. The Balaban J connectivity index is 1.02. The van der Waals surface area contributed by atoms with Crippen molar-refractivity contribution in [3.8, 4) is 22.3 Å². The minimum atomic E-state index is 0.839. The second-order valence-corrected chi connectivity index (χ2v) is 13.3. The standard InChI is InChI=1S/C48H29NO3/c1-3-11-32(12-4-1)49(33-13-5-2-6-14-33)34-23-26-43-41(29-34)38-25-22-31(28-45(38)51-43)36-17-9-18-39-37-24-21-30(27-46(37)52-48(36)39)35-16-10-20-44-47(35)40-15-7-8-19-42(40)50-44/h1-29H. The van der Waals surface area contributed by atoms with Crippen molar-refractivity contribution in [3.63, 3.8) is 0 Å². The smallest absolute Gasteiger partial charge is 0.143 e. The Hall–Kier alpha value is -7.04. The van der Waals surface area contributed by atoms with Crippen LogP contribution in [0.1, 0.15) is 0 Å². The zero-order valence-corrected chi connectivity index (χ0v) is 27.9. The molecule has 0 spiro atoms. The van der Waals surface area contributed by atoms with E-state index in [9.17, 15) is 0 Å². The van der Waals surface area contributed by atoms with Crippen LogP contribution in [0.3, 0.4) is 0 Å². The molecule has 0 saturated heterocycles. The van der Waals surface area contributed by atoms with E-state index in [0.29, 0.717) is 0 Å². The Morgan fingerprint density at radius 2 is 0.885 bits per heavy atom. The molecule has 0 unspecified atom stereocenters. The minimum absolute atomic E-state index is 0.839. The van der Waals surface area contributed by atoms with Crippen molar-refractivity contribution in [2.75, 3.05) is 4.90 Å². The van der Waals surface area contributed by atoms with Gasteiger partial charge in [0.1, 0.15) is 33.5 Å². The maximum Gasteiger partial charge on any atom is 0.143 e. The molecule has 0 N–H and O–H groups in total. The average Bonchev–Trinajstić information content (AvgIpc) is 3.89. The largest absolute Gasteiger partial charge is 0.456 e. The predicted octanol–water partition coefficient (Wildman–Crippen LogP) is 14.2. The molecule has 0 aliphatic carbocycles. The van der Waals surface area contributed by atoms with E-state index in [0.717, 1.165) is 105 Å². The monoisotopic (exact) mass is 667 g/mol. The summed E-state index contributed by atoms with van der Waals surface area (Å²) in [6.45, 7) is 0. The highest BCUT2D eigenvalue weighted by atomic mass is 16.3. The average molecular weight is 668 g/mol. The molecule has 0 amide bonds. The Morgan fingerprint density at radius 3 is 1.67 bits per heavy atom. The molecule has 0 aliphatic rings. The zero-order valence-electron chi connectivity index (χ0n) is 27.9. The van der Waals surface area contributed by atoms with E-state index in [2.05, 4.69) is 150 Å².